The van der Waals surface area contributed by atoms with E-state index in [9.17, 15) is 0 Å². The van der Waals surface area contributed by atoms with Gasteiger partial charge in [-0.05, 0) is 6.42 Å². The van der Waals surface area contributed by atoms with Crippen molar-refractivity contribution in [3.05, 3.63) is 12.7 Å². The van der Waals surface area contributed by atoms with Crippen LogP contribution >= 0.6 is 0 Å². The summed E-state index contributed by atoms with van der Waals surface area (Å²) in [5.41, 5.74) is -0.0751. The minimum absolute atomic E-state index is 0.0751. The van der Waals surface area contributed by atoms with E-state index < -0.39 is 0 Å². The molecule has 0 aromatic heterocycles. The molecule has 0 radical (unpaired) electrons. The fraction of sp³-hybridized carbons (Fsp3) is 0.800. The van der Waals surface area contributed by atoms with Gasteiger partial charge in [-0.3, -0.25) is 0 Å². The molecule has 1 fully saturated rings. The zero-order chi connectivity index (χ0) is 8.86. The summed E-state index contributed by atoms with van der Waals surface area (Å²) in [5, 5.41) is 3.34. The Balaban J connectivity index is 2.42. The van der Waals surface area contributed by atoms with E-state index in [0.29, 0.717) is 0 Å². The Morgan fingerprint density at radius 3 is 3.00 bits per heavy atom. The van der Waals surface area contributed by atoms with Gasteiger partial charge in [-0.25, -0.2) is 0 Å². The summed E-state index contributed by atoms with van der Waals surface area (Å²) in [4.78, 5) is 0. The Hall–Kier alpha value is -0.340. The fourth-order valence-corrected chi connectivity index (χ4v) is 1.55. The van der Waals surface area contributed by atoms with Crippen LogP contribution in [0.3, 0.4) is 0 Å². The summed E-state index contributed by atoms with van der Waals surface area (Å²) in [5.74, 6) is 0. The summed E-state index contributed by atoms with van der Waals surface area (Å²) in [7, 11) is 0. The van der Waals surface area contributed by atoms with E-state index >= 15 is 0 Å². The maximum atomic E-state index is 5.74. The molecule has 12 heavy (non-hydrogen) atoms. The average molecular weight is 169 g/mol. The SMILES string of the molecule is C=CC1(CCCC)CNCCO1. The number of morpholine rings is 1. The van der Waals surface area contributed by atoms with E-state index in [1.54, 1.807) is 0 Å². The van der Waals surface area contributed by atoms with Crippen LogP contribution in [0.25, 0.3) is 0 Å². The lowest BCUT2D eigenvalue weighted by Crippen LogP contribution is -2.48. The monoisotopic (exact) mass is 169 g/mol. The number of nitrogens with one attached hydrogen (secondary N) is 1. The quantitative estimate of drug-likeness (QED) is 0.647. The number of hydrogen-bond donors (Lipinski definition) is 1. The molecule has 1 aliphatic heterocycles. The van der Waals surface area contributed by atoms with Gasteiger partial charge < -0.3 is 10.1 Å². The van der Waals surface area contributed by atoms with Crippen LogP contribution in [0.2, 0.25) is 0 Å². The molecule has 1 unspecified atom stereocenters. The summed E-state index contributed by atoms with van der Waals surface area (Å²) >= 11 is 0. The number of unbranched alkanes of at least 4 members (excludes halogenated alkanes) is 1. The molecular weight excluding hydrogens is 150 g/mol. The Bertz CT molecular complexity index is 139. The largest absolute Gasteiger partial charge is 0.368 e. The van der Waals surface area contributed by atoms with Gasteiger partial charge in [0.15, 0.2) is 0 Å². The second-order valence-corrected chi connectivity index (χ2v) is 3.40. The summed E-state index contributed by atoms with van der Waals surface area (Å²) < 4.78 is 5.74. The van der Waals surface area contributed by atoms with Crippen LogP contribution in [-0.4, -0.2) is 25.3 Å². The Kier molecular flexibility index (Phi) is 3.76. The first kappa shape index (κ1) is 9.75. The normalized spacial score (nSPS) is 30.1. The minimum Gasteiger partial charge on any atom is -0.368 e. The first-order valence-corrected chi connectivity index (χ1v) is 4.81. The third-order valence-corrected chi connectivity index (χ3v) is 2.42. The molecule has 0 saturated carbocycles. The lowest BCUT2D eigenvalue weighted by molar-refractivity contribution is -0.0367. The lowest BCUT2D eigenvalue weighted by Gasteiger charge is -2.35. The van der Waals surface area contributed by atoms with Gasteiger partial charge >= 0.3 is 0 Å². The maximum Gasteiger partial charge on any atom is 0.0984 e. The molecule has 0 bridgehead atoms. The van der Waals surface area contributed by atoms with Gasteiger partial charge in [-0.15, -0.1) is 6.58 Å². The van der Waals surface area contributed by atoms with Gasteiger partial charge in [0.2, 0.25) is 0 Å². The highest BCUT2D eigenvalue weighted by Crippen LogP contribution is 2.21. The molecule has 0 aliphatic carbocycles. The molecule has 70 valence electrons. The molecule has 1 aliphatic rings. The number of rotatable bonds is 4. The van der Waals surface area contributed by atoms with Crippen molar-refractivity contribution in [2.24, 2.45) is 0 Å². The van der Waals surface area contributed by atoms with Gasteiger partial charge in [0.05, 0.1) is 12.2 Å². The highest BCUT2D eigenvalue weighted by atomic mass is 16.5. The van der Waals surface area contributed by atoms with Crippen LogP contribution in [0.5, 0.6) is 0 Å². The molecule has 2 nitrogen and oxygen atoms in total. The van der Waals surface area contributed by atoms with Crippen LogP contribution in [0.15, 0.2) is 12.7 Å². The minimum atomic E-state index is -0.0751. The molecule has 0 aromatic rings. The molecule has 0 amide bonds. The number of hydrogen-bond acceptors (Lipinski definition) is 2. The van der Waals surface area contributed by atoms with E-state index in [2.05, 4.69) is 18.8 Å². The van der Waals surface area contributed by atoms with Crippen molar-refractivity contribution in [1.82, 2.24) is 5.32 Å². The fourth-order valence-electron chi connectivity index (χ4n) is 1.55. The van der Waals surface area contributed by atoms with Crippen molar-refractivity contribution >= 4 is 0 Å². The van der Waals surface area contributed by atoms with Gasteiger partial charge in [0.25, 0.3) is 0 Å². The Morgan fingerprint density at radius 1 is 1.67 bits per heavy atom. The predicted molar refractivity (Wildman–Crippen MR) is 51.3 cm³/mol. The van der Waals surface area contributed by atoms with Gasteiger partial charge in [-0.2, -0.15) is 0 Å². The van der Waals surface area contributed by atoms with E-state index in [1.807, 2.05) is 6.08 Å². The van der Waals surface area contributed by atoms with Crippen LogP contribution in [0.1, 0.15) is 26.2 Å². The first-order valence-electron chi connectivity index (χ1n) is 4.81. The summed E-state index contributed by atoms with van der Waals surface area (Å²) in [6.45, 7) is 8.76. The van der Waals surface area contributed by atoms with Crippen LogP contribution in [0.4, 0.5) is 0 Å². The smallest absolute Gasteiger partial charge is 0.0984 e. The van der Waals surface area contributed by atoms with Crippen molar-refractivity contribution < 1.29 is 4.74 Å². The van der Waals surface area contributed by atoms with Crippen LogP contribution in [-0.2, 0) is 4.74 Å². The molecule has 0 spiro atoms. The highest BCUT2D eigenvalue weighted by Gasteiger charge is 2.28. The van der Waals surface area contributed by atoms with Crippen molar-refractivity contribution in [1.29, 1.82) is 0 Å². The van der Waals surface area contributed by atoms with Crippen molar-refractivity contribution in [2.75, 3.05) is 19.7 Å². The molecule has 1 N–H and O–H groups in total. The van der Waals surface area contributed by atoms with Crippen LogP contribution < -0.4 is 5.32 Å². The van der Waals surface area contributed by atoms with Gasteiger partial charge in [0, 0.05) is 13.1 Å². The second kappa shape index (κ2) is 4.63. The van der Waals surface area contributed by atoms with Crippen molar-refractivity contribution in [3.63, 3.8) is 0 Å². The zero-order valence-electron chi connectivity index (χ0n) is 7.94. The van der Waals surface area contributed by atoms with Gasteiger partial charge in [-0.1, -0.05) is 25.8 Å². The van der Waals surface area contributed by atoms with Crippen molar-refractivity contribution in [3.8, 4) is 0 Å². The second-order valence-electron chi connectivity index (χ2n) is 3.40. The third-order valence-electron chi connectivity index (χ3n) is 2.42. The molecule has 0 aromatic carbocycles. The Morgan fingerprint density at radius 2 is 2.50 bits per heavy atom. The zero-order valence-corrected chi connectivity index (χ0v) is 7.94. The molecule has 1 rings (SSSR count). The lowest BCUT2D eigenvalue weighted by atomic mass is 9.95. The van der Waals surface area contributed by atoms with Gasteiger partial charge in [0.1, 0.15) is 0 Å². The predicted octanol–water partition coefficient (Wildman–Crippen LogP) is 1.72. The average Bonchev–Trinajstić information content (AvgIpc) is 2.16. The summed E-state index contributed by atoms with van der Waals surface area (Å²) in [6, 6.07) is 0. The standard InChI is InChI=1S/C10H19NO/c1-3-5-6-10(4-2)9-11-7-8-12-10/h4,11H,2-3,5-9H2,1H3. The van der Waals surface area contributed by atoms with E-state index in [0.717, 1.165) is 26.1 Å². The summed E-state index contributed by atoms with van der Waals surface area (Å²) in [6.07, 6.45) is 5.49. The maximum absolute atomic E-state index is 5.74. The Labute approximate surface area is 75.0 Å². The first-order chi connectivity index (χ1) is 5.83. The van der Waals surface area contributed by atoms with E-state index in [1.165, 1.54) is 12.8 Å². The molecular formula is C10H19NO. The molecule has 1 heterocycles. The molecule has 1 saturated heterocycles. The van der Waals surface area contributed by atoms with E-state index in [-0.39, 0.29) is 5.60 Å². The topological polar surface area (TPSA) is 21.3 Å². The molecule has 2 heteroatoms. The van der Waals surface area contributed by atoms with Crippen molar-refractivity contribution in [2.45, 2.75) is 31.8 Å². The third kappa shape index (κ3) is 2.32. The van der Waals surface area contributed by atoms with Crippen LogP contribution in [0, 0.1) is 0 Å². The number of ether oxygens (including phenoxy) is 1. The molecule has 1 atom stereocenters. The van der Waals surface area contributed by atoms with E-state index in [4.69, 9.17) is 4.74 Å². The highest BCUT2D eigenvalue weighted by molar-refractivity contribution is 5.00.